The number of anilines is 1. The number of nitrogens with zero attached hydrogens (tertiary/aromatic N) is 4. The van der Waals surface area contributed by atoms with Gasteiger partial charge in [-0.15, -0.1) is 11.3 Å². The number of methoxy groups -OCH3 is 1. The molecule has 0 saturated carbocycles. The fourth-order valence-corrected chi connectivity index (χ4v) is 6.05. The predicted octanol–water partition coefficient (Wildman–Crippen LogP) is 3.69. The Balaban J connectivity index is 1.76. The maximum absolute atomic E-state index is 14.8. The summed E-state index contributed by atoms with van der Waals surface area (Å²) in [5.41, 5.74) is 2.20. The highest BCUT2D eigenvalue weighted by Crippen LogP contribution is 2.38. The molecule has 44 heavy (non-hydrogen) atoms. The molecule has 2 amide bonds. The van der Waals surface area contributed by atoms with Gasteiger partial charge in [-0.2, -0.15) is 4.57 Å². The van der Waals surface area contributed by atoms with Crippen LogP contribution >= 0.6 is 11.3 Å². The van der Waals surface area contributed by atoms with Crippen LogP contribution in [0.15, 0.2) is 64.4 Å². The molecule has 3 aromatic heterocycles. The van der Waals surface area contributed by atoms with E-state index in [-0.39, 0.29) is 28.3 Å². The molecule has 0 unspecified atom stereocenters. The minimum Gasteiger partial charge on any atom is -0.383 e. The van der Waals surface area contributed by atoms with Gasteiger partial charge in [0.05, 0.1) is 25.6 Å². The van der Waals surface area contributed by atoms with Crippen LogP contribution in [0.2, 0.25) is 0 Å². The molecular formula is C29H29F2N7O5S. The summed E-state index contributed by atoms with van der Waals surface area (Å²) < 4.78 is 37.0. The first-order valence-electron chi connectivity index (χ1n) is 13.3. The Bertz CT molecular complexity index is 1880. The normalized spacial score (nSPS) is 11.4. The Kier molecular flexibility index (Phi) is 9.29. The number of ether oxygens (including phenoxy) is 1. The molecule has 0 atom stereocenters. The molecule has 0 fully saturated rings. The van der Waals surface area contributed by atoms with Crippen molar-refractivity contribution in [3.05, 3.63) is 98.5 Å². The number of aromatic amines is 1. The molecule has 3 N–H and O–H groups in total. The van der Waals surface area contributed by atoms with Gasteiger partial charge >= 0.3 is 11.7 Å². The van der Waals surface area contributed by atoms with E-state index < -0.39 is 35.5 Å². The Morgan fingerprint density at radius 2 is 1.82 bits per heavy atom. The number of aromatic nitrogens is 4. The summed E-state index contributed by atoms with van der Waals surface area (Å²) in [6.45, 7) is 0.794. The Hall–Kier alpha value is -4.70. The van der Waals surface area contributed by atoms with Gasteiger partial charge in [0.25, 0.3) is 5.56 Å². The SMILES string of the molecule is COCCN(C)Cc1c(-c2ccc(NC(=O)NOC)cc2)sc2c1c(=O)n(-c1ncc[nH]1)c(=O)n2Cc1c(F)cccc1F. The van der Waals surface area contributed by atoms with Crippen LogP contribution in [0.1, 0.15) is 11.1 Å². The minimum atomic E-state index is -0.822. The van der Waals surface area contributed by atoms with Crippen LogP contribution in [-0.2, 0) is 22.7 Å². The van der Waals surface area contributed by atoms with E-state index in [0.717, 1.165) is 28.0 Å². The van der Waals surface area contributed by atoms with Crippen molar-refractivity contribution < 1.29 is 23.1 Å². The Labute approximate surface area is 253 Å². The number of amides is 2. The standard InChI is InChI=1S/C29H29F2N7O5S/c1-36(13-14-42-2)15-20-23-25(39)38(27-32-11-12-33-27)29(41)37(16-19-21(30)5-4-6-22(19)31)26(23)44-24(20)17-7-9-18(10-8-17)34-28(40)35-43-3/h4-12H,13-16H2,1-3H3,(H,32,33)(H2,34,35,40). The third-order valence-electron chi connectivity index (χ3n) is 6.85. The molecule has 0 spiro atoms. The maximum atomic E-state index is 14.8. The summed E-state index contributed by atoms with van der Waals surface area (Å²) in [6.07, 6.45) is 2.86. The van der Waals surface area contributed by atoms with Crippen molar-refractivity contribution in [1.82, 2.24) is 29.5 Å². The lowest BCUT2D eigenvalue weighted by molar-refractivity contribution is 0.114. The van der Waals surface area contributed by atoms with Crippen LogP contribution in [0.3, 0.4) is 0 Å². The van der Waals surface area contributed by atoms with Crippen molar-refractivity contribution in [2.24, 2.45) is 0 Å². The number of imidazole rings is 1. The number of likely N-dealkylation sites (N-methyl/N-ethyl adjacent to an activating group) is 1. The zero-order valence-electron chi connectivity index (χ0n) is 24.0. The number of halogens is 2. The molecule has 15 heteroatoms. The number of hydrogen-bond acceptors (Lipinski definition) is 8. The van der Waals surface area contributed by atoms with Crippen molar-refractivity contribution >= 4 is 33.3 Å². The van der Waals surface area contributed by atoms with E-state index in [0.29, 0.717) is 34.8 Å². The number of thiophene rings is 1. The molecule has 0 saturated heterocycles. The van der Waals surface area contributed by atoms with Gasteiger partial charge in [0.1, 0.15) is 16.5 Å². The maximum Gasteiger partial charge on any atom is 0.343 e. The van der Waals surface area contributed by atoms with Gasteiger partial charge in [-0.1, -0.05) is 18.2 Å². The predicted molar refractivity (Wildman–Crippen MR) is 162 cm³/mol. The highest BCUT2D eigenvalue weighted by molar-refractivity contribution is 7.22. The van der Waals surface area contributed by atoms with Crippen molar-refractivity contribution in [2.75, 3.05) is 39.7 Å². The second kappa shape index (κ2) is 13.3. The van der Waals surface area contributed by atoms with E-state index >= 15 is 0 Å². The van der Waals surface area contributed by atoms with Crippen molar-refractivity contribution in [3.63, 3.8) is 0 Å². The largest absolute Gasteiger partial charge is 0.383 e. The molecule has 5 aromatic rings. The summed E-state index contributed by atoms with van der Waals surface area (Å²) >= 11 is 1.16. The Morgan fingerprint density at radius 1 is 1.09 bits per heavy atom. The number of hydroxylamine groups is 1. The van der Waals surface area contributed by atoms with E-state index in [2.05, 4.69) is 25.6 Å². The molecule has 0 radical (unpaired) electrons. The lowest BCUT2D eigenvalue weighted by atomic mass is 10.1. The molecule has 230 valence electrons. The second-order valence-corrected chi connectivity index (χ2v) is 10.8. The summed E-state index contributed by atoms with van der Waals surface area (Å²) in [5, 5.41) is 2.84. The quantitative estimate of drug-likeness (QED) is 0.191. The van der Waals surface area contributed by atoms with E-state index in [9.17, 15) is 23.2 Å². The first-order chi connectivity index (χ1) is 21.2. The highest BCUT2D eigenvalue weighted by Gasteiger charge is 2.26. The van der Waals surface area contributed by atoms with Crippen LogP contribution in [-0.4, -0.2) is 64.5 Å². The molecule has 0 aliphatic carbocycles. The number of rotatable bonds is 11. The molecule has 2 aromatic carbocycles. The molecule has 0 bridgehead atoms. The lowest BCUT2D eigenvalue weighted by Gasteiger charge is -2.17. The van der Waals surface area contributed by atoms with Crippen LogP contribution in [0.5, 0.6) is 0 Å². The number of fused-ring (bicyclic) bond motifs is 1. The van der Waals surface area contributed by atoms with Crippen LogP contribution < -0.4 is 22.0 Å². The summed E-state index contributed by atoms with van der Waals surface area (Å²) in [7, 11) is 4.77. The first kappa shape index (κ1) is 30.7. The number of hydrogen-bond donors (Lipinski definition) is 3. The van der Waals surface area contributed by atoms with E-state index in [1.807, 2.05) is 11.9 Å². The van der Waals surface area contributed by atoms with Crippen molar-refractivity contribution in [1.29, 1.82) is 0 Å². The highest BCUT2D eigenvalue weighted by atomic mass is 32.1. The third-order valence-corrected chi connectivity index (χ3v) is 8.16. The number of urea groups is 1. The summed E-state index contributed by atoms with van der Waals surface area (Å²) in [6, 6.07) is 9.78. The molecule has 0 aliphatic heterocycles. The van der Waals surface area contributed by atoms with Gasteiger partial charge in [-0.25, -0.2) is 28.8 Å². The van der Waals surface area contributed by atoms with Crippen LogP contribution in [0.4, 0.5) is 19.3 Å². The Morgan fingerprint density at radius 3 is 2.45 bits per heavy atom. The molecular weight excluding hydrogens is 596 g/mol. The monoisotopic (exact) mass is 625 g/mol. The van der Waals surface area contributed by atoms with Gasteiger partial charge in [0, 0.05) is 48.7 Å². The zero-order chi connectivity index (χ0) is 31.4. The summed E-state index contributed by atoms with van der Waals surface area (Å²) in [4.78, 5) is 54.3. The number of carbonyl (C=O) groups is 1. The molecule has 12 nitrogen and oxygen atoms in total. The lowest BCUT2D eigenvalue weighted by Crippen LogP contribution is -2.40. The van der Waals surface area contributed by atoms with Crippen LogP contribution in [0.25, 0.3) is 26.6 Å². The number of H-pyrrole nitrogens is 1. The molecule has 3 heterocycles. The smallest absolute Gasteiger partial charge is 0.343 e. The van der Waals surface area contributed by atoms with Crippen LogP contribution in [0, 0.1) is 11.6 Å². The zero-order valence-corrected chi connectivity index (χ0v) is 24.8. The second-order valence-electron chi connectivity index (χ2n) is 9.78. The summed E-state index contributed by atoms with van der Waals surface area (Å²) in [5.74, 6) is -1.67. The molecule has 5 rings (SSSR count). The number of carbonyl (C=O) groups excluding carboxylic acids is 1. The van der Waals surface area contributed by atoms with Crippen molar-refractivity contribution in [2.45, 2.75) is 13.1 Å². The average molecular weight is 626 g/mol. The van der Waals surface area contributed by atoms with E-state index in [1.165, 1.54) is 30.1 Å². The third kappa shape index (κ3) is 6.16. The fourth-order valence-electron chi connectivity index (χ4n) is 4.75. The van der Waals surface area contributed by atoms with Gasteiger partial charge in [0.2, 0.25) is 5.95 Å². The number of benzene rings is 2. The average Bonchev–Trinajstić information content (AvgIpc) is 3.65. The topological polar surface area (TPSA) is 136 Å². The fraction of sp³-hybridized carbons (Fsp3) is 0.241. The van der Waals surface area contributed by atoms with Gasteiger partial charge < -0.3 is 15.0 Å². The van der Waals surface area contributed by atoms with E-state index in [4.69, 9.17) is 4.74 Å². The van der Waals surface area contributed by atoms with Gasteiger partial charge in [-0.3, -0.25) is 19.1 Å². The van der Waals surface area contributed by atoms with E-state index in [1.54, 1.807) is 31.4 Å². The van der Waals surface area contributed by atoms with Crippen molar-refractivity contribution in [3.8, 4) is 16.4 Å². The molecule has 0 aliphatic rings. The van der Waals surface area contributed by atoms with Gasteiger partial charge in [-0.05, 0) is 42.4 Å². The number of nitrogens with one attached hydrogen (secondary N) is 3. The first-order valence-corrected chi connectivity index (χ1v) is 14.2. The minimum absolute atomic E-state index is 0.0270. The van der Waals surface area contributed by atoms with Gasteiger partial charge in [0.15, 0.2) is 0 Å².